The molecule has 2 heterocycles. The topological polar surface area (TPSA) is 68.7 Å². The maximum atomic E-state index is 12.8. The van der Waals surface area contributed by atoms with Crippen molar-refractivity contribution in [2.45, 2.75) is 58.1 Å². The molecule has 1 saturated heterocycles. The number of likely N-dealkylation sites (tertiary alicyclic amines) is 1. The molecule has 33 heavy (non-hydrogen) atoms. The Labute approximate surface area is 194 Å². The van der Waals surface area contributed by atoms with Gasteiger partial charge in [0.15, 0.2) is 0 Å². The summed E-state index contributed by atoms with van der Waals surface area (Å²) in [6.07, 6.45) is 0.945. The number of methoxy groups -OCH3 is 1. The molecule has 0 bridgehead atoms. The van der Waals surface area contributed by atoms with Crippen LogP contribution >= 0.6 is 0 Å². The molecule has 0 radical (unpaired) electrons. The lowest BCUT2D eigenvalue weighted by Gasteiger charge is -2.35. The van der Waals surface area contributed by atoms with Crippen molar-refractivity contribution in [2.24, 2.45) is 0 Å². The molecule has 2 aromatic carbocycles. The number of aromatic nitrogens is 1. The third-order valence-electron chi connectivity index (χ3n) is 6.07. The summed E-state index contributed by atoms with van der Waals surface area (Å²) in [6.45, 7) is 7.32. The van der Waals surface area contributed by atoms with Gasteiger partial charge >= 0.3 is 6.09 Å². The third kappa shape index (κ3) is 4.56. The second kappa shape index (κ2) is 8.50. The molecule has 3 aromatic rings. The Bertz CT molecular complexity index is 1200. The first kappa shape index (κ1) is 22.8. The second-order valence-corrected chi connectivity index (χ2v) is 9.71. The summed E-state index contributed by atoms with van der Waals surface area (Å²) >= 11 is 0. The van der Waals surface area contributed by atoms with Crippen molar-refractivity contribution in [1.82, 2.24) is 9.88 Å². The fraction of sp³-hybridized carbons (Fsp3) is 0.370. The minimum absolute atomic E-state index is 0.206. The van der Waals surface area contributed by atoms with E-state index in [2.05, 4.69) is 11.1 Å². The van der Waals surface area contributed by atoms with Crippen LogP contribution in [0.25, 0.3) is 10.9 Å². The van der Waals surface area contributed by atoms with Crippen LogP contribution in [-0.4, -0.2) is 34.6 Å². The van der Waals surface area contributed by atoms with Crippen molar-refractivity contribution >= 4 is 22.9 Å². The van der Waals surface area contributed by atoms with Crippen molar-refractivity contribution in [3.05, 3.63) is 71.3 Å². The molecule has 2 amide bonds. The van der Waals surface area contributed by atoms with Gasteiger partial charge in [-0.2, -0.15) is 0 Å². The van der Waals surface area contributed by atoms with Gasteiger partial charge in [0.2, 0.25) is 11.8 Å². The number of imide groups is 1. The summed E-state index contributed by atoms with van der Waals surface area (Å²) in [5.74, 6) is 0.407. The first-order chi connectivity index (χ1) is 15.6. The maximum Gasteiger partial charge on any atom is 0.417 e. The number of carbonyl (C=O) groups excluding carboxylic acids is 2. The van der Waals surface area contributed by atoms with Gasteiger partial charge in [0.05, 0.1) is 18.2 Å². The molecule has 172 valence electrons. The average molecular weight is 447 g/mol. The fourth-order valence-electron chi connectivity index (χ4n) is 4.38. The van der Waals surface area contributed by atoms with Gasteiger partial charge in [-0.05, 0) is 57.4 Å². The Kier molecular flexibility index (Phi) is 5.87. The van der Waals surface area contributed by atoms with Gasteiger partial charge in [-0.15, -0.1) is 0 Å². The van der Waals surface area contributed by atoms with Crippen LogP contribution in [0, 0.1) is 0 Å². The van der Waals surface area contributed by atoms with Crippen molar-refractivity contribution in [3.8, 4) is 5.88 Å². The molecule has 1 unspecified atom stereocenters. The van der Waals surface area contributed by atoms with Gasteiger partial charge in [0.25, 0.3) is 0 Å². The minimum atomic E-state index is -0.736. The predicted molar refractivity (Wildman–Crippen MR) is 127 cm³/mol. The number of amides is 2. The van der Waals surface area contributed by atoms with Crippen LogP contribution < -0.4 is 4.74 Å². The van der Waals surface area contributed by atoms with E-state index in [1.807, 2.05) is 55.5 Å². The molecule has 0 spiro atoms. The van der Waals surface area contributed by atoms with Gasteiger partial charge in [-0.25, -0.2) is 14.7 Å². The summed E-state index contributed by atoms with van der Waals surface area (Å²) in [7, 11) is 1.63. The highest BCUT2D eigenvalue weighted by molar-refractivity contribution is 5.95. The average Bonchev–Trinajstić information content (AvgIpc) is 3.08. The summed E-state index contributed by atoms with van der Waals surface area (Å²) in [4.78, 5) is 31.3. The Morgan fingerprint density at radius 2 is 1.82 bits per heavy atom. The highest BCUT2D eigenvalue weighted by atomic mass is 16.6. The normalized spacial score (nSPS) is 18.6. The number of hydrogen-bond donors (Lipinski definition) is 0. The Balaban J connectivity index is 1.60. The van der Waals surface area contributed by atoms with Crippen LogP contribution in [-0.2, 0) is 21.5 Å². The van der Waals surface area contributed by atoms with Gasteiger partial charge in [0.1, 0.15) is 5.60 Å². The molecule has 1 aromatic heterocycles. The number of benzene rings is 2. The van der Waals surface area contributed by atoms with E-state index in [9.17, 15) is 9.59 Å². The molecular weight excluding hydrogens is 416 g/mol. The van der Waals surface area contributed by atoms with E-state index < -0.39 is 17.2 Å². The molecule has 4 rings (SSSR count). The van der Waals surface area contributed by atoms with Gasteiger partial charge in [-0.1, -0.05) is 42.5 Å². The SMILES string of the molecule is COc1nc2ccccc2cc1Cc1ccc(C2(C)CCC(=O)N2C(=O)OC(C)(C)C)cc1. The number of hydrogen-bond acceptors (Lipinski definition) is 5. The van der Waals surface area contributed by atoms with Crippen LogP contribution in [0.15, 0.2) is 54.6 Å². The van der Waals surface area contributed by atoms with Crippen molar-refractivity contribution < 1.29 is 19.1 Å². The predicted octanol–water partition coefficient (Wildman–Crippen LogP) is 5.61. The zero-order chi connectivity index (χ0) is 23.8. The molecule has 1 atom stereocenters. The molecule has 6 heteroatoms. The molecule has 0 aliphatic carbocycles. The number of nitrogens with zero attached hydrogens (tertiary/aromatic N) is 2. The number of ether oxygens (including phenoxy) is 2. The number of pyridine rings is 1. The summed E-state index contributed by atoms with van der Waals surface area (Å²) in [5.41, 5.74) is 2.49. The van der Waals surface area contributed by atoms with Crippen molar-refractivity contribution in [1.29, 1.82) is 0 Å². The Morgan fingerprint density at radius 3 is 2.48 bits per heavy atom. The molecular formula is C27H30N2O4. The minimum Gasteiger partial charge on any atom is -0.481 e. The molecule has 1 aliphatic rings. The van der Waals surface area contributed by atoms with Crippen LogP contribution in [0.3, 0.4) is 0 Å². The summed E-state index contributed by atoms with van der Waals surface area (Å²) in [5, 5.41) is 1.06. The molecule has 0 saturated carbocycles. The Morgan fingerprint density at radius 1 is 1.12 bits per heavy atom. The zero-order valence-electron chi connectivity index (χ0n) is 19.8. The largest absolute Gasteiger partial charge is 0.481 e. The van der Waals surface area contributed by atoms with Crippen LogP contribution in [0.1, 0.15) is 57.2 Å². The second-order valence-electron chi connectivity index (χ2n) is 9.71. The lowest BCUT2D eigenvalue weighted by atomic mass is 9.88. The van der Waals surface area contributed by atoms with E-state index in [1.54, 1.807) is 27.9 Å². The van der Waals surface area contributed by atoms with Crippen LogP contribution in [0.4, 0.5) is 4.79 Å². The Hall–Kier alpha value is -3.41. The van der Waals surface area contributed by atoms with Crippen LogP contribution in [0.2, 0.25) is 0 Å². The molecule has 1 fully saturated rings. The van der Waals surface area contributed by atoms with E-state index >= 15 is 0 Å². The first-order valence-corrected chi connectivity index (χ1v) is 11.2. The first-order valence-electron chi connectivity index (χ1n) is 11.2. The quantitative estimate of drug-likeness (QED) is 0.521. The lowest BCUT2D eigenvalue weighted by Crippen LogP contribution is -2.47. The lowest BCUT2D eigenvalue weighted by molar-refractivity contribution is -0.130. The van der Waals surface area contributed by atoms with Crippen molar-refractivity contribution in [3.63, 3.8) is 0 Å². The van der Waals surface area contributed by atoms with Crippen molar-refractivity contribution in [2.75, 3.05) is 7.11 Å². The van der Waals surface area contributed by atoms with E-state index in [-0.39, 0.29) is 5.91 Å². The number of carbonyl (C=O) groups is 2. The highest BCUT2D eigenvalue weighted by Crippen LogP contribution is 2.40. The number of para-hydroxylation sites is 1. The van der Waals surface area contributed by atoms with Gasteiger partial charge in [0, 0.05) is 23.8 Å². The summed E-state index contributed by atoms with van der Waals surface area (Å²) < 4.78 is 11.0. The monoisotopic (exact) mass is 446 g/mol. The highest BCUT2D eigenvalue weighted by Gasteiger charge is 2.48. The molecule has 1 aliphatic heterocycles. The van der Waals surface area contributed by atoms with Crippen LogP contribution in [0.5, 0.6) is 5.88 Å². The zero-order valence-corrected chi connectivity index (χ0v) is 19.8. The molecule has 6 nitrogen and oxygen atoms in total. The number of rotatable bonds is 4. The standard InChI is InChI=1S/C27H30N2O4/c1-26(2,3)33-25(31)29-23(30)14-15-27(29,4)21-12-10-18(11-13-21)16-20-17-19-8-6-7-9-22(19)28-24(20)32-5/h6-13,17H,14-16H2,1-5H3. The van der Waals surface area contributed by atoms with E-state index in [0.717, 1.165) is 27.6 Å². The fourth-order valence-corrected chi connectivity index (χ4v) is 4.38. The maximum absolute atomic E-state index is 12.8. The van der Waals surface area contributed by atoms with E-state index in [0.29, 0.717) is 25.1 Å². The van der Waals surface area contributed by atoms with Gasteiger partial charge in [-0.3, -0.25) is 4.79 Å². The number of fused-ring (bicyclic) bond motifs is 1. The van der Waals surface area contributed by atoms with E-state index in [1.165, 1.54) is 4.90 Å². The van der Waals surface area contributed by atoms with Gasteiger partial charge < -0.3 is 9.47 Å². The van der Waals surface area contributed by atoms with E-state index in [4.69, 9.17) is 9.47 Å². The molecule has 0 N–H and O–H groups in total. The summed E-state index contributed by atoms with van der Waals surface area (Å²) in [6, 6.07) is 18.1. The smallest absolute Gasteiger partial charge is 0.417 e. The third-order valence-corrected chi connectivity index (χ3v) is 6.07.